The van der Waals surface area contributed by atoms with Gasteiger partial charge >= 0.3 is 6.18 Å². The molecule has 0 aromatic carbocycles. The van der Waals surface area contributed by atoms with Crippen LogP contribution in [0.5, 0.6) is 0 Å². The van der Waals surface area contributed by atoms with Gasteiger partial charge in [-0.05, 0) is 12.8 Å². The number of hydrogen-bond donors (Lipinski definition) is 0. The molecule has 0 spiro atoms. The van der Waals surface area contributed by atoms with Crippen molar-refractivity contribution < 1.29 is 13.2 Å². The van der Waals surface area contributed by atoms with Gasteiger partial charge in [0.25, 0.3) is 0 Å². The number of alkyl halides is 3. The second-order valence-electron chi connectivity index (χ2n) is 2.33. The normalized spacial score (nSPS) is 19.5. The molecule has 0 heterocycles. The van der Waals surface area contributed by atoms with Gasteiger partial charge in [-0.25, -0.2) is 0 Å². The maximum Gasteiger partial charge on any atom is 0.412 e. The molecule has 0 saturated heterocycles. The highest BCUT2D eigenvalue weighted by atomic mass is 19.4. The molecule has 3 heteroatoms. The largest absolute Gasteiger partial charge is 0.412 e. The van der Waals surface area contributed by atoms with E-state index in [9.17, 15) is 13.2 Å². The fraction of sp³-hybridized carbons (Fsp3) is 0.429. The van der Waals surface area contributed by atoms with Crippen LogP contribution in [0.1, 0.15) is 12.8 Å². The lowest BCUT2D eigenvalue weighted by Gasteiger charge is -2.04. The van der Waals surface area contributed by atoms with Crippen LogP contribution >= 0.6 is 0 Å². The van der Waals surface area contributed by atoms with Crippen LogP contribution in [0, 0.1) is 0 Å². The second kappa shape index (κ2) is 2.15. The van der Waals surface area contributed by atoms with Crippen molar-refractivity contribution in [2.45, 2.75) is 19.0 Å². The number of allylic oxidation sites excluding steroid dienone is 3. The summed E-state index contributed by atoms with van der Waals surface area (Å²) in [5.41, 5.74) is 0.129. The van der Waals surface area contributed by atoms with E-state index >= 15 is 0 Å². The van der Waals surface area contributed by atoms with Gasteiger partial charge < -0.3 is 0 Å². The van der Waals surface area contributed by atoms with Crippen LogP contribution in [0.3, 0.4) is 0 Å². The van der Waals surface area contributed by atoms with Gasteiger partial charge in [-0.3, -0.25) is 0 Å². The highest BCUT2D eigenvalue weighted by Crippen LogP contribution is 2.35. The van der Waals surface area contributed by atoms with Crippen LogP contribution in [-0.4, -0.2) is 6.18 Å². The Kier molecular flexibility index (Phi) is 1.58. The first-order valence-electron chi connectivity index (χ1n) is 2.95. The van der Waals surface area contributed by atoms with Gasteiger partial charge in [0.1, 0.15) is 0 Å². The summed E-state index contributed by atoms with van der Waals surface area (Å²) in [6, 6.07) is 0. The Balaban J connectivity index is 2.76. The summed E-state index contributed by atoms with van der Waals surface area (Å²) in [5.74, 6) is 0. The van der Waals surface area contributed by atoms with Crippen molar-refractivity contribution in [1.29, 1.82) is 0 Å². The summed E-state index contributed by atoms with van der Waals surface area (Å²) in [6.07, 6.45) is -2.46. The summed E-state index contributed by atoms with van der Waals surface area (Å²) in [5, 5.41) is 0. The SMILES string of the molecule is C=C1C=C(C(F)(F)F)CC1. The van der Waals surface area contributed by atoms with Gasteiger partial charge in [0.15, 0.2) is 0 Å². The molecule has 0 atom stereocenters. The van der Waals surface area contributed by atoms with Gasteiger partial charge in [-0.1, -0.05) is 18.2 Å². The molecule has 0 nitrogen and oxygen atoms in total. The zero-order valence-electron chi connectivity index (χ0n) is 5.33. The van der Waals surface area contributed by atoms with Crippen LogP contribution in [0.15, 0.2) is 23.8 Å². The Hall–Kier alpha value is -0.730. The molecule has 1 rings (SSSR count). The number of halogens is 3. The van der Waals surface area contributed by atoms with Crippen molar-refractivity contribution >= 4 is 0 Å². The number of rotatable bonds is 0. The molecule has 0 fully saturated rings. The Bertz CT molecular complexity index is 186. The second-order valence-corrected chi connectivity index (χ2v) is 2.33. The lowest BCUT2D eigenvalue weighted by atomic mass is 10.2. The summed E-state index contributed by atoms with van der Waals surface area (Å²) >= 11 is 0. The molecule has 0 aromatic heterocycles. The van der Waals surface area contributed by atoms with Crippen LogP contribution in [0.4, 0.5) is 13.2 Å². The molecule has 0 bridgehead atoms. The van der Waals surface area contributed by atoms with E-state index in [4.69, 9.17) is 0 Å². The van der Waals surface area contributed by atoms with Crippen molar-refractivity contribution in [3.63, 3.8) is 0 Å². The first-order valence-corrected chi connectivity index (χ1v) is 2.95. The van der Waals surface area contributed by atoms with E-state index < -0.39 is 11.7 Å². The van der Waals surface area contributed by atoms with Crippen molar-refractivity contribution in [2.24, 2.45) is 0 Å². The van der Waals surface area contributed by atoms with E-state index in [-0.39, 0.29) is 6.42 Å². The summed E-state index contributed by atoms with van der Waals surface area (Å²) in [6.45, 7) is 3.44. The van der Waals surface area contributed by atoms with Crippen molar-refractivity contribution in [1.82, 2.24) is 0 Å². The summed E-state index contributed by atoms with van der Waals surface area (Å²) in [4.78, 5) is 0. The highest BCUT2D eigenvalue weighted by molar-refractivity contribution is 5.30. The van der Waals surface area contributed by atoms with E-state index in [1.54, 1.807) is 0 Å². The molecule has 0 unspecified atom stereocenters. The lowest BCUT2D eigenvalue weighted by Crippen LogP contribution is -2.09. The predicted octanol–water partition coefficient (Wildman–Crippen LogP) is 2.83. The van der Waals surface area contributed by atoms with E-state index in [0.717, 1.165) is 6.08 Å². The van der Waals surface area contributed by atoms with Crippen LogP contribution in [-0.2, 0) is 0 Å². The third kappa shape index (κ3) is 1.40. The van der Waals surface area contributed by atoms with Crippen molar-refractivity contribution in [3.8, 4) is 0 Å². The average molecular weight is 148 g/mol. The molecule has 1 aliphatic rings. The minimum Gasteiger partial charge on any atom is -0.166 e. The number of hydrogen-bond acceptors (Lipinski definition) is 0. The molecule has 56 valence electrons. The van der Waals surface area contributed by atoms with Gasteiger partial charge in [-0.2, -0.15) is 13.2 Å². The molecule has 1 aliphatic carbocycles. The molecule has 0 amide bonds. The Morgan fingerprint density at radius 2 is 1.90 bits per heavy atom. The molecule has 10 heavy (non-hydrogen) atoms. The average Bonchev–Trinajstić information content (AvgIpc) is 2.11. The quantitative estimate of drug-likeness (QED) is 0.495. The van der Waals surface area contributed by atoms with E-state index in [1.807, 2.05) is 0 Å². The van der Waals surface area contributed by atoms with E-state index in [0.29, 0.717) is 12.0 Å². The summed E-state index contributed by atoms with van der Waals surface area (Å²) < 4.78 is 35.5. The topological polar surface area (TPSA) is 0 Å². The van der Waals surface area contributed by atoms with Crippen molar-refractivity contribution in [2.75, 3.05) is 0 Å². The zero-order chi connectivity index (χ0) is 7.78. The smallest absolute Gasteiger partial charge is 0.166 e. The first kappa shape index (κ1) is 7.38. The van der Waals surface area contributed by atoms with E-state index in [1.165, 1.54) is 0 Å². The van der Waals surface area contributed by atoms with Gasteiger partial charge in [0, 0.05) is 5.57 Å². The standard InChI is InChI=1S/C7H7F3/c1-5-2-3-6(4-5)7(8,9)10/h4H,1-3H2. The Labute approximate surface area is 57.0 Å². The highest BCUT2D eigenvalue weighted by Gasteiger charge is 2.34. The fourth-order valence-corrected chi connectivity index (χ4v) is 0.910. The molecule has 0 radical (unpaired) electrons. The van der Waals surface area contributed by atoms with E-state index in [2.05, 4.69) is 6.58 Å². The zero-order valence-corrected chi connectivity index (χ0v) is 5.33. The van der Waals surface area contributed by atoms with Gasteiger partial charge in [0.2, 0.25) is 0 Å². The monoisotopic (exact) mass is 148 g/mol. The molecular weight excluding hydrogens is 141 g/mol. The third-order valence-electron chi connectivity index (χ3n) is 1.46. The van der Waals surface area contributed by atoms with Gasteiger partial charge in [0.05, 0.1) is 0 Å². The Morgan fingerprint density at radius 3 is 2.10 bits per heavy atom. The summed E-state index contributed by atoms with van der Waals surface area (Å²) in [7, 11) is 0. The Morgan fingerprint density at radius 1 is 1.30 bits per heavy atom. The molecule has 0 N–H and O–H groups in total. The maximum atomic E-state index is 11.8. The minimum absolute atomic E-state index is 0.0995. The minimum atomic E-state index is -4.14. The van der Waals surface area contributed by atoms with Crippen LogP contribution < -0.4 is 0 Å². The lowest BCUT2D eigenvalue weighted by molar-refractivity contribution is -0.0931. The predicted molar refractivity (Wildman–Crippen MR) is 32.5 cm³/mol. The van der Waals surface area contributed by atoms with Gasteiger partial charge in [-0.15, -0.1) is 0 Å². The molecule has 0 aliphatic heterocycles. The van der Waals surface area contributed by atoms with Crippen LogP contribution in [0.25, 0.3) is 0 Å². The van der Waals surface area contributed by atoms with Crippen LogP contribution in [0.2, 0.25) is 0 Å². The fourth-order valence-electron chi connectivity index (χ4n) is 0.910. The molecule has 0 saturated carbocycles. The first-order chi connectivity index (χ1) is 4.50. The van der Waals surface area contributed by atoms with Crippen molar-refractivity contribution in [3.05, 3.63) is 23.8 Å². The molecule has 0 aromatic rings. The maximum absolute atomic E-state index is 11.8. The third-order valence-corrected chi connectivity index (χ3v) is 1.46. The molecular formula is C7H7F3.